The lowest BCUT2D eigenvalue weighted by atomic mass is 9.76. The first-order valence-corrected chi connectivity index (χ1v) is 6.52. The summed E-state index contributed by atoms with van der Waals surface area (Å²) in [6, 6.07) is 0. The van der Waals surface area contributed by atoms with E-state index in [0.29, 0.717) is 7.92 Å². The van der Waals surface area contributed by atoms with Crippen LogP contribution in [0.15, 0.2) is 0 Å². The van der Waals surface area contributed by atoms with Crippen molar-refractivity contribution in [1.82, 2.24) is 0 Å². The van der Waals surface area contributed by atoms with Crippen LogP contribution >= 0.6 is 32.7 Å². The zero-order valence-electron chi connectivity index (χ0n) is 7.24. The first-order valence-electron chi connectivity index (χ1n) is 4.62. The third-order valence-electron chi connectivity index (χ3n) is 3.55. The summed E-state index contributed by atoms with van der Waals surface area (Å²) in [7, 11) is 0.588. The molecule has 0 unspecified atom stereocenters. The highest BCUT2D eigenvalue weighted by molar-refractivity contribution is 7.57. The largest absolute Gasteiger partial charge is 0.147 e. The highest BCUT2D eigenvalue weighted by Gasteiger charge is 2.41. The first-order chi connectivity index (χ1) is 4.90. The summed E-state index contributed by atoms with van der Waals surface area (Å²) in [4.78, 5) is 0. The Bertz CT molecular complexity index is 104. The monoisotopic (exact) mass is 226 g/mol. The maximum atomic E-state index is 1.67. The molecule has 4 rings (SSSR count). The fraction of sp³-hybridized carbons (Fsp3) is 1.00. The van der Waals surface area contributed by atoms with Gasteiger partial charge < -0.3 is 0 Å². The van der Waals surface area contributed by atoms with Crippen molar-refractivity contribution in [2.24, 2.45) is 17.8 Å². The molecule has 4 bridgehead atoms. The molecule has 3 aliphatic heterocycles. The van der Waals surface area contributed by atoms with Gasteiger partial charge in [-0.2, -0.15) is 0 Å². The van der Waals surface area contributed by atoms with Gasteiger partial charge in [-0.05, 0) is 55.5 Å². The minimum absolute atomic E-state index is 0. The first kappa shape index (κ1) is 11.1. The topological polar surface area (TPSA) is 0 Å². The molecule has 0 atom stereocenters. The fourth-order valence-electron chi connectivity index (χ4n) is 3.47. The molecule has 3 heterocycles. The lowest BCUT2D eigenvalue weighted by Gasteiger charge is -2.49. The Balaban J connectivity index is 0.000000360. The van der Waals surface area contributed by atoms with E-state index in [4.69, 9.17) is 0 Å². The van der Waals surface area contributed by atoms with Gasteiger partial charge in [-0.25, -0.2) is 0 Å². The van der Waals surface area contributed by atoms with E-state index in [0.717, 1.165) is 0 Å². The number of rotatable bonds is 0. The van der Waals surface area contributed by atoms with E-state index < -0.39 is 0 Å². The van der Waals surface area contributed by atoms with Crippen molar-refractivity contribution in [1.29, 1.82) is 0 Å². The van der Waals surface area contributed by atoms with Crippen LogP contribution in [0.5, 0.6) is 0 Å². The highest BCUT2D eigenvalue weighted by atomic mass is 35.5. The molecule has 1 saturated carbocycles. The predicted molar refractivity (Wildman–Crippen MR) is 60.3 cm³/mol. The van der Waals surface area contributed by atoms with Gasteiger partial charge in [0.15, 0.2) is 0 Å². The van der Waals surface area contributed by atoms with Gasteiger partial charge in [0.1, 0.15) is 0 Å². The Kier molecular flexibility index (Phi) is 3.72. The zero-order chi connectivity index (χ0) is 6.55. The minimum Gasteiger partial charge on any atom is -0.147 e. The summed E-state index contributed by atoms with van der Waals surface area (Å²) in [6.45, 7) is 0. The van der Waals surface area contributed by atoms with Crippen LogP contribution < -0.4 is 0 Å². The van der Waals surface area contributed by atoms with Crippen LogP contribution in [0.2, 0.25) is 0 Å². The van der Waals surface area contributed by atoms with Gasteiger partial charge in [0.25, 0.3) is 0 Å². The van der Waals surface area contributed by atoms with Gasteiger partial charge in [0.2, 0.25) is 0 Å². The molecule has 0 aromatic heterocycles. The van der Waals surface area contributed by atoms with Crippen molar-refractivity contribution < 1.29 is 0 Å². The third kappa shape index (κ3) is 1.76. The van der Waals surface area contributed by atoms with Crippen molar-refractivity contribution in [2.75, 3.05) is 18.5 Å². The standard InChI is InChI=1S/C9H15P.2ClH/c1-7-2-9-3-8(1)5-10(4-7)6-9;;/h7-9H,1-6H2;2*1H. The van der Waals surface area contributed by atoms with Crippen LogP contribution in [0, 0.1) is 17.8 Å². The molecule has 12 heavy (non-hydrogen) atoms. The molecule has 3 saturated heterocycles. The molecule has 1 aliphatic carbocycles. The average molecular weight is 227 g/mol. The van der Waals surface area contributed by atoms with Crippen molar-refractivity contribution in [2.45, 2.75) is 19.3 Å². The minimum atomic E-state index is 0. The molecule has 3 heteroatoms. The molecule has 0 amide bonds. The SMILES string of the molecule is C1C2CC3CC1CP(C2)C3.Cl.Cl. The van der Waals surface area contributed by atoms with Crippen LogP contribution in [0.4, 0.5) is 0 Å². The Morgan fingerprint density at radius 1 is 0.667 bits per heavy atom. The van der Waals surface area contributed by atoms with E-state index in [2.05, 4.69) is 0 Å². The smallest absolute Gasteiger partial charge is 0.0297 e. The van der Waals surface area contributed by atoms with Crippen molar-refractivity contribution in [3.8, 4) is 0 Å². The van der Waals surface area contributed by atoms with Crippen LogP contribution in [0.1, 0.15) is 19.3 Å². The van der Waals surface area contributed by atoms with E-state index in [1.807, 2.05) is 0 Å². The Labute approximate surface area is 88.4 Å². The van der Waals surface area contributed by atoms with Crippen molar-refractivity contribution in [3.05, 3.63) is 0 Å². The zero-order valence-corrected chi connectivity index (χ0v) is 9.77. The molecule has 0 spiro atoms. The molecule has 0 nitrogen and oxygen atoms in total. The second-order valence-electron chi connectivity index (χ2n) is 4.52. The number of hydrogen-bond acceptors (Lipinski definition) is 0. The average Bonchev–Trinajstić information content (AvgIpc) is 1.82. The van der Waals surface area contributed by atoms with Gasteiger partial charge in [-0.15, -0.1) is 32.7 Å². The molecule has 0 aromatic carbocycles. The lowest BCUT2D eigenvalue weighted by molar-refractivity contribution is 0.212. The molecule has 0 aromatic rings. The highest BCUT2D eigenvalue weighted by Crippen LogP contribution is 2.59. The summed E-state index contributed by atoms with van der Waals surface area (Å²) in [6.07, 6.45) is 9.87. The maximum absolute atomic E-state index is 1.67. The summed E-state index contributed by atoms with van der Waals surface area (Å²) in [5, 5.41) is 0. The van der Waals surface area contributed by atoms with Crippen LogP contribution in [-0.4, -0.2) is 18.5 Å². The molecular weight excluding hydrogens is 210 g/mol. The van der Waals surface area contributed by atoms with Gasteiger partial charge in [-0.1, -0.05) is 0 Å². The summed E-state index contributed by atoms with van der Waals surface area (Å²) in [5.74, 6) is 3.62. The van der Waals surface area contributed by atoms with Gasteiger partial charge in [0.05, 0.1) is 0 Å². The van der Waals surface area contributed by atoms with Crippen LogP contribution in [-0.2, 0) is 0 Å². The van der Waals surface area contributed by atoms with Gasteiger partial charge in [-0.3, -0.25) is 0 Å². The quantitative estimate of drug-likeness (QED) is 0.556. The lowest BCUT2D eigenvalue weighted by Crippen LogP contribution is -2.38. The second kappa shape index (κ2) is 4.03. The molecule has 4 fully saturated rings. The molecule has 0 N–H and O–H groups in total. The van der Waals surface area contributed by atoms with Gasteiger partial charge in [0, 0.05) is 0 Å². The van der Waals surface area contributed by atoms with Crippen molar-refractivity contribution >= 4 is 32.7 Å². The molecule has 4 aliphatic rings. The van der Waals surface area contributed by atoms with Crippen LogP contribution in [0.25, 0.3) is 0 Å². The summed E-state index contributed by atoms with van der Waals surface area (Å²) < 4.78 is 0. The summed E-state index contributed by atoms with van der Waals surface area (Å²) in [5.41, 5.74) is 0. The van der Waals surface area contributed by atoms with E-state index in [-0.39, 0.29) is 24.8 Å². The Hall–Kier alpha value is 1.01. The van der Waals surface area contributed by atoms with E-state index in [1.54, 1.807) is 37.7 Å². The number of hydrogen-bond donors (Lipinski definition) is 0. The van der Waals surface area contributed by atoms with Gasteiger partial charge >= 0.3 is 0 Å². The van der Waals surface area contributed by atoms with Crippen molar-refractivity contribution in [3.63, 3.8) is 0 Å². The van der Waals surface area contributed by atoms with Crippen LogP contribution in [0.3, 0.4) is 0 Å². The number of halogens is 2. The van der Waals surface area contributed by atoms with E-state index in [1.165, 1.54) is 17.8 Å². The normalized spacial score (nSPS) is 48.0. The summed E-state index contributed by atoms with van der Waals surface area (Å²) >= 11 is 0. The Morgan fingerprint density at radius 2 is 1.00 bits per heavy atom. The van der Waals surface area contributed by atoms with E-state index in [9.17, 15) is 0 Å². The fourth-order valence-corrected chi connectivity index (χ4v) is 7.00. The molecular formula is C9H17Cl2P. The van der Waals surface area contributed by atoms with E-state index >= 15 is 0 Å². The molecule has 0 radical (unpaired) electrons. The Morgan fingerprint density at radius 3 is 1.25 bits per heavy atom. The maximum Gasteiger partial charge on any atom is -0.0297 e. The predicted octanol–water partition coefficient (Wildman–Crippen LogP) is 3.37. The second-order valence-corrected chi connectivity index (χ2v) is 6.96. The molecule has 72 valence electrons. The third-order valence-corrected chi connectivity index (χ3v) is 6.65.